The van der Waals surface area contributed by atoms with E-state index in [2.05, 4.69) is 4.18 Å². The average molecular weight is 730 g/mol. The second kappa shape index (κ2) is 15.6. The van der Waals surface area contributed by atoms with Gasteiger partial charge in [-0.25, -0.2) is 27.6 Å². The minimum Gasteiger partial charge on any atom is -0.726 e. The number of fused-ring (bicyclic) bond motifs is 1. The molecule has 0 radical (unpaired) electrons. The predicted molar refractivity (Wildman–Crippen MR) is 179 cm³/mol. The molecular formula is C37H29O14S-. The van der Waals surface area contributed by atoms with E-state index in [1.807, 2.05) is 0 Å². The summed E-state index contributed by atoms with van der Waals surface area (Å²) in [6, 6.07) is 28.9. The lowest BCUT2D eigenvalue weighted by atomic mass is 9.97. The van der Waals surface area contributed by atoms with Crippen LogP contribution in [0.3, 0.4) is 0 Å². The maximum Gasteiger partial charge on any atom is 0.338 e. The van der Waals surface area contributed by atoms with E-state index in [1.54, 1.807) is 67.6 Å². The second-order valence-corrected chi connectivity index (χ2v) is 12.5. The number of hydrogen-bond donors (Lipinski definition) is 0. The Bertz CT molecular complexity index is 2220. The highest BCUT2D eigenvalue weighted by atomic mass is 32.3. The van der Waals surface area contributed by atoms with E-state index in [9.17, 15) is 32.1 Å². The maximum absolute atomic E-state index is 13.6. The molecule has 52 heavy (non-hydrogen) atoms. The van der Waals surface area contributed by atoms with E-state index < -0.39 is 71.2 Å². The molecule has 0 amide bonds. The molecule has 268 valence electrons. The summed E-state index contributed by atoms with van der Waals surface area (Å²) < 4.78 is 74.6. The van der Waals surface area contributed by atoms with Crippen LogP contribution in [0.1, 0.15) is 36.6 Å². The van der Waals surface area contributed by atoms with E-state index >= 15 is 0 Å². The molecule has 0 saturated carbocycles. The summed E-state index contributed by atoms with van der Waals surface area (Å²) in [7, 11) is -5.33. The van der Waals surface area contributed by atoms with E-state index in [-0.39, 0.29) is 28.0 Å². The van der Waals surface area contributed by atoms with Crippen LogP contribution in [0.4, 0.5) is 0 Å². The highest BCUT2D eigenvalue weighted by Gasteiger charge is 2.54. The van der Waals surface area contributed by atoms with Crippen molar-refractivity contribution < 1.29 is 59.6 Å². The molecule has 0 aliphatic carbocycles. The Hall–Kier alpha value is -5.87. The molecule has 1 aromatic heterocycles. The molecule has 15 heteroatoms. The lowest BCUT2D eigenvalue weighted by Gasteiger charge is -2.44. The van der Waals surface area contributed by atoms with E-state index in [1.165, 1.54) is 54.6 Å². The van der Waals surface area contributed by atoms with Gasteiger partial charge in [-0.15, -0.1) is 0 Å². The van der Waals surface area contributed by atoms with Gasteiger partial charge in [-0.2, -0.15) is 0 Å². The highest BCUT2D eigenvalue weighted by molar-refractivity contribution is 7.80. The molecule has 0 N–H and O–H groups in total. The van der Waals surface area contributed by atoms with Gasteiger partial charge >= 0.3 is 23.5 Å². The molecule has 0 unspecified atom stereocenters. The lowest BCUT2D eigenvalue weighted by molar-refractivity contribution is -0.274. The van der Waals surface area contributed by atoms with E-state index in [4.69, 9.17) is 28.1 Å². The molecular weight excluding hydrogens is 700 g/mol. The first-order valence-corrected chi connectivity index (χ1v) is 17.0. The van der Waals surface area contributed by atoms with Crippen molar-refractivity contribution in [3.63, 3.8) is 0 Å². The van der Waals surface area contributed by atoms with Crippen molar-refractivity contribution in [1.82, 2.24) is 0 Å². The summed E-state index contributed by atoms with van der Waals surface area (Å²) in [6.07, 6.45) is -8.68. The Morgan fingerprint density at radius 2 is 1.19 bits per heavy atom. The Labute approximate surface area is 296 Å². The lowest BCUT2D eigenvalue weighted by Crippen LogP contribution is -2.63. The number of benzene rings is 4. The second-order valence-electron chi connectivity index (χ2n) is 11.5. The van der Waals surface area contributed by atoms with Crippen molar-refractivity contribution in [1.29, 1.82) is 0 Å². The molecule has 1 aliphatic heterocycles. The molecule has 1 fully saturated rings. The van der Waals surface area contributed by atoms with Crippen molar-refractivity contribution in [3.05, 3.63) is 148 Å². The molecule has 14 nitrogen and oxygen atoms in total. The van der Waals surface area contributed by atoms with Crippen LogP contribution in [0.25, 0.3) is 11.0 Å². The van der Waals surface area contributed by atoms with Crippen LogP contribution in [-0.4, -0.2) is 68.2 Å². The third-order valence-electron chi connectivity index (χ3n) is 7.90. The summed E-state index contributed by atoms with van der Waals surface area (Å²) in [4.78, 5) is 52.8. The largest absolute Gasteiger partial charge is 0.726 e. The van der Waals surface area contributed by atoms with Crippen molar-refractivity contribution >= 4 is 39.3 Å². The summed E-state index contributed by atoms with van der Waals surface area (Å²) in [5, 5.41) is 0.582. The zero-order chi connectivity index (χ0) is 36.8. The van der Waals surface area contributed by atoms with Crippen molar-refractivity contribution in [3.8, 4) is 5.75 Å². The quantitative estimate of drug-likeness (QED) is 0.0612. The molecule has 1 saturated heterocycles. The summed E-state index contributed by atoms with van der Waals surface area (Å²) >= 11 is 0. The topological polar surface area (TPSA) is 194 Å². The van der Waals surface area contributed by atoms with Crippen LogP contribution in [0, 0.1) is 6.92 Å². The van der Waals surface area contributed by atoms with Gasteiger partial charge in [0, 0.05) is 17.5 Å². The van der Waals surface area contributed by atoms with Crippen LogP contribution in [-0.2, 0) is 33.5 Å². The first-order valence-electron chi connectivity index (χ1n) is 15.7. The molecule has 4 aromatic carbocycles. The zero-order valence-electron chi connectivity index (χ0n) is 27.2. The SMILES string of the molecule is Cc1cc(=O)oc2cc(O[C@@H]3O[C@@H](COS(=O)(=O)[O-])[C@@H](OC(=O)c4ccccc4)[C@@H](OC(=O)c4ccccc4)[C@@H]3OC(=O)c3ccccc3)ccc12. The van der Waals surface area contributed by atoms with Crippen LogP contribution < -0.4 is 10.4 Å². The van der Waals surface area contributed by atoms with Crippen molar-refractivity contribution in [2.45, 2.75) is 37.6 Å². The highest BCUT2D eigenvalue weighted by Crippen LogP contribution is 2.33. The van der Waals surface area contributed by atoms with Gasteiger partial charge < -0.3 is 32.7 Å². The van der Waals surface area contributed by atoms with Gasteiger partial charge in [-0.3, -0.25) is 4.18 Å². The molecule has 5 aromatic rings. The number of carbonyl (C=O) groups is 3. The van der Waals surface area contributed by atoms with Crippen LogP contribution in [0.5, 0.6) is 5.75 Å². The van der Waals surface area contributed by atoms with Gasteiger partial charge in [-0.05, 0) is 61.0 Å². The minimum absolute atomic E-state index is 0.0102. The molecule has 6 rings (SSSR count). The van der Waals surface area contributed by atoms with Crippen molar-refractivity contribution in [2.24, 2.45) is 0 Å². The van der Waals surface area contributed by atoms with E-state index in [0.717, 1.165) is 0 Å². The summed E-state index contributed by atoms with van der Waals surface area (Å²) in [6.45, 7) is 0.670. The van der Waals surface area contributed by atoms with Crippen LogP contribution >= 0.6 is 0 Å². The number of aryl methyl sites for hydroxylation is 1. The number of esters is 3. The fourth-order valence-corrected chi connectivity index (χ4v) is 5.77. The minimum atomic E-state index is -5.33. The Kier molecular flexibility index (Phi) is 10.8. The standard InChI is InChI=1S/C37H30O14S/c1-22-19-30(38)47-28-20-26(17-18-27(22)28)46-37-33(51-36(41)25-15-9-4-10-16-25)32(50-35(40)24-13-7-3-8-14-24)31(29(48-37)21-45-52(42,43)44)49-34(39)23-11-5-2-6-12-23/h2-20,29,31-33,37H,21H2,1H3,(H,42,43,44)/p-1/t29-,31+,32+,33-,37+/m0/s1. The number of rotatable bonds is 11. The molecule has 5 atom stereocenters. The molecule has 0 bridgehead atoms. The smallest absolute Gasteiger partial charge is 0.338 e. The fraction of sp³-hybridized carbons (Fsp3) is 0.189. The van der Waals surface area contributed by atoms with Gasteiger partial charge in [0.1, 0.15) is 17.4 Å². The zero-order valence-corrected chi connectivity index (χ0v) is 28.0. The van der Waals surface area contributed by atoms with Gasteiger partial charge in [0.25, 0.3) is 0 Å². The Morgan fingerprint density at radius 3 is 1.71 bits per heavy atom. The fourth-order valence-electron chi connectivity index (χ4n) is 5.47. The Morgan fingerprint density at radius 1 is 0.692 bits per heavy atom. The first-order chi connectivity index (χ1) is 24.9. The van der Waals surface area contributed by atoms with Crippen LogP contribution in [0.2, 0.25) is 0 Å². The monoisotopic (exact) mass is 729 g/mol. The number of ether oxygens (including phenoxy) is 5. The van der Waals surface area contributed by atoms with E-state index in [0.29, 0.717) is 10.9 Å². The normalized spacial score (nSPS) is 20.1. The third-order valence-corrected chi connectivity index (χ3v) is 8.33. The maximum atomic E-state index is 13.6. The molecule has 2 heterocycles. The summed E-state index contributed by atoms with van der Waals surface area (Å²) in [5.74, 6) is -2.83. The van der Waals surface area contributed by atoms with Crippen molar-refractivity contribution in [2.75, 3.05) is 6.61 Å². The van der Waals surface area contributed by atoms with Gasteiger partial charge in [0.15, 0.2) is 12.2 Å². The summed E-state index contributed by atoms with van der Waals surface area (Å²) in [5.41, 5.74) is 0.317. The average Bonchev–Trinajstić information content (AvgIpc) is 3.13. The predicted octanol–water partition coefficient (Wildman–Crippen LogP) is 4.36. The number of carbonyl (C=O) groups excluding carboxylic acids is 3. The molecule has 0 spiro atoms. The first kappa shape index (κ1) is 35.9. The number of hydrogen-bond acceptors (Lipinski definition) is 14. The Balaban J connectivity index is 1.46. The van der Waals surface area contributed by atoms with Gasteiger partial charge in [0.2, 0.25) is 22.8 Å². The third kappa shape index (κ3) is 8.70. The molecule has 1 aliphatic rings. The van der Waals surface area contributed by atoms with Gasteiger partial charge in [-0.1, -0.05) is 54.6 Å². The van der Waals surface area contributed by atoms with Gasteiger partial charge in [0.05, 0.1) is 23.3 Å². The van der Waals surface area contributed by atoms with Crippen LogP contribution in [0.15, 0.2) is 124 Å².